The van der Waals surface area contributed by atoms with E-state index in [0.29, 0.717) is 5.02 Å². The Morgan fingerprint density at radius 2 is 2.10 bits per heavy atom. The summed E-state index contributed by atoms with van der Waals surface area (Å²) in [6.45, 7) is 2.04. The van der Waals surface area contributed by atoms with Crippen molar-refractivity contribution in [3.05, 3.63) is 47.1 Å². The van der Waals surface area contributed by atoms with E-state index in [4.69, 9.17) is 22.1 Å². The van der Waals surface area contributed by atoms with Crippen molar-refractivity contribution < 1.29 is 4.74 Å². The van der Waals surface area contributed by atoms with E-state index in [1.54, 1.807) is 13.2 Å². The third kappa shape index (κ3) is 2.21. The molecule has 0 saturated heterocycles. The van der Waals surface area contributed by atoms with Gasteiger partial charge in [-0.3, -0.25) is 0 Å². The fourth-order valence-corrected chi connectivity index (χ4v) is 2.70. The van der Waals surface area contributed by atoms with Crippen LogP contribution in [0.3, 0.4) is 0 Å². The minimum absolute atomic E-state index is 0.619. The van der Waals surface area contributed by atoms with E-state index >= 15 is 0 Å². The zero-order valence-corrected chi connectivity index (χ0v) is 12.7. The molecule has 21 heavy (non-hydrogen) atoms. The Kier molecular flexibility index (Phi) is 3.47. The number of nitrogen functional groups attached to an aromatic ring is 1. The summed E-state index contributed by atoms with van der Waals surface area (Å²) in [5.41, 5.74) is 10.5. The second-order valence-electron chi connectivity index (χ2n) is 4.77. The molecule has 0 unspecified atom stereocenters. The fraction of sp³-hybridized carbons (Fsp3) is 0.188. The van der Waals surface area contributed by atoms with Gasteiger partial charge in [0.1, 0.15) is 5.75 Å². The zero-order valence-electron chi connectivity index (χ0n) is 11.9. The van der Waals surface area contributed by atoms with E-state index in [-0.39, 0.29) is 0 Å². The van der Waals surface area contributed by atoms with Crippen LogP contribution in [0.25, 0.3) is 16.8 Å². The average Bonchev–Trinajstić information content (AvgIpc) is 2.84. The molecule has 0 aliphatic heterocycles. The van der Waals surface area contributed by atoms with E-state index in [0.717, 1.165) is 40.3 Å². The van der Waals surface area contributed by atoms with Crippen molar-refractivity contribution in [2.24, 2.45) is 0 Å². The molecule has 1 aromatic carbocycles. The molecule has 2 heterocycles. The Hall–Kier alpha value is -2.20. The molecule has 0 aliphatic rings. The second-order valence-corrected chi connectivity index (χ2v) is 5.17. The van der Waals surface area contributed by atoms with Crippen LogP contribution in [0.1, 0.15) is 12.6 Å². The molecule has 0 amide bonds. The number of halogens is 1. The van der Waals surface area contributed by atoms with Gasteiger partial charge in [0, 0.05) is 5.56 Å². The predicted octanol–water partition coefficient (Wildman–Crippen LogP) is 3.81. The molecule has 108 valence electrons. The van der Waals surface area contributed by atoms with Gasteiger partial charge in [0.05, 0.1) is 34.7 Å². The summed E-state index contributed by atoms with van der Waals surface area (Å²) in [4.78, 5) is 0. The molecular weight excluding hydrogens is 286 g/mol. The quantitative estimate of drug-likeness (QED) is 0.800. The van der Waals surface area contributed by atoms with Crippen LogP contribution in [0, 0.1) is 0 Å². The van der Waals surface area contributed by atoms with Gasteiger partial charge in [-0.1, -0.05) is 24.6 Å². The van der Waals surface area contributed by atoms with Crippen molar-refractivity contribution in [2.75, 3.05) is 12.8 Å². The van der Waals surface area contributed by atoms with Crippen molar-refractivity contribution in [3.8, 4) is 17.0 Å². The number of rotatable bonds is 3. The van der Waals surface area contributed by atoms with Crippen LogP contribution in [0.2, 0.25) is 5.02 Å². The number of hydrogen-bond acceptors (Lipinski definition) is 3. The lowest BCUT2D eigenvalue weighted by Crippen LogP contribution is -1.95. The second kappa shape index (κ2) is 5.30. The lowest BCUT2D eigenvalue weighted by Gasteiger charge is -2.08. The van der Waals surface area contributed by atoms with Crippen LogP contribution >= 0.6 is 11.6 Å². The summed E-state index contributed by atoms with van der Waals surface area (Å²) in [5.74, 6) is 0.727. The molecule has 2 aromatic heterocycles. The minimum Gasteiger partial charge on any atom is -0.497 e. The summed E-state index contributed by atoms with van der Waals surface area (Å²) in [5, 5.41) is 5.21. The Balaban J connectivity index is 2.25. The Morgan fingerprint density at radius 1 is 1.29 bits per heavy atom. The van der Waals surface area contributed by atoms with Crippen LogP contribution in [-0.2, 0) is 6.42 Å². The van der Waals surface area contributed by atoms with Gasteiger partial charge in [-0.2, -0.15) is 5.10 Å². The number of aromatic nitrogens is 2. The van der Waals surface area contributed by atoms with E-state index in [9.17, 15) is 0 Å². The Morgan fingerprint density at radius 3 is 2.76 bits per heavy atom. The predicted molar refractivity (Wildman–Crippen MR) is 86.0 cm³/mol. The van der Waals surface area contributed by atoms with Crippen LogP contribution in [-0.4, -0.2) is 16.7 Å². The number of ether oxygens (including phenoxy) is 1. The highest BCUT2D eigenvalue weighted by Gasteiger charge is 2.13. The van der Waals surface area contributed by atoms with Crippen molar-refractivity contribution in [1.29, 1.82) is 0 Å². The molecule has 0 atom stereocenters. The van der Waals surface area contributed by atoms with Gasteiger partial charge in [0.15, 0.2) is 0 Å². The molecular formula is C16H16ClN3O. The topological polar surface area (TPSA) is 52.5 Å². The van der Waals surface area contributed by atoms with Crippen LogP contribution in [0.5, 0.6) is 5.75 Å². The molecule has 3 rings (SSSR count). The summed E-state index contributed by atoms with van der Waals surface area (Å²) in [7, 11) is 1.62. The van der Waals surface area contributed by atoms with Gasteiger partial charge < -0.3 is 10.5 Å². The van der Waals surface area contributed by atoms with Gasteiger partial charge >= 0.3 is 0 Å². The number of fused-ring (bicyclic) bond motifs is 1. The fourth-order valence-electron chi connectivity index (χ4n) is 2.43. The lowest BCUT2D eigenvalue weighted by molar-refractivity contribution is 0.415. The summed E-state index contributed by atoms with van der Waals surface area (Å²) in [6.07, 6.45) is 0.795. The third-order valence-electron chi connectivity index (χ3n) is 3.56. The van der Waals surface area contributed by atoms with Crippen LogP contribution in [0.4, 0.5) is 5.69 Å². The first kappa shape index (κ1) is 13.8. The maximum absolute atomic E-state index is 6.37. The SMILES string of the molecule is CCc1nn2c(-c3ccc(OC)cc3Cl)cccc2c1N. The van der Waals surface area contributed by atoms with Gasteiger partial charge in [-0.15, -0.1) is 0 Å². The maximum Gasteiger partial charge on any atom is 0.120 e. The van der Waals surface area contributed by atoms with Gasteiger partial charge in [0.25, 0.3) is 0 Å². The Bertz CT molecular complexity index is 811. The number of benzene rings is 1. The minimum atomic E-state index is 0.619. The smallest absolute Gasteiger partial charge is 0.120 e. The number of pyridine rings is 1. The highest BCUT2D eigenvalue weighted by Crippen LogP contribution is 2.32. The molecule has 5 heteroatoms. The monoisotopic (exact) mass is 301 g/mol. The standard InChI is InChI=1S/C16H16ClN3O/c1-3-13-16(18)15-6-4-5-14(20(15)19-13)11-8-7-10(21-2)9-12(11)17/h4-9H,3,18H2,1-2H3. The van der Waals surface area contributed by atoms with Crippen LogP contribution < -0.4 is 10.5 Å². The average molecular weight is 302 g/mol. The van der Waals surface area contributed by atoms with E-state index < -0.39 is 0 Å². The lowest BCUT2D eigenvalue weighted by atomic mass is 10.1. The molecule has 0 aliphatic carbocycles. The van der Waals surface area contributed by atoms with E-state index in [1.807, 2.05) is 41.8 Å². The number of nitrogens with two attached hydrogens (primary N) is 1. The zero-order chi connectivity index (χ0) is 15.0. The maximum atomic E-state index is 6.37. The molecule has 2 N–H and O–H groups in total. The van der Waals surface area contributed by atoms with Crippen molar-refractivity contribution in [1.82, 2.24) is 9.61 Å². The van der Waals surface area contributed by atoms with Gasteiger partial charge in [-0.25, -0.2) is 4.52 Å². The summed E-state index contributed by atoms with van der Waals surface area (Å²) in [6, 6.07) is 11.5. The molecule has 0 spiro atoms. The first-order valence-electron chi connectivity index (χ1n) is 6.75. The largest absolute Gasteiger partial charge is 0.497 e. The molecule has 3 aromatic rings. The van der Waals surface area contributed by atoms with Crippen molar-refractivity contribution in [2.45, 2.75) is 13.3 Å². The van der Waals surface area contributed by atoms with Crippen molar-refractivity contribution in [3.63, 3.8) is 0 Å². The highest BCUT2D eigenvalue weighted by atomic mass is 35.5. The normalized spacial score (nSPS) is 11.0. The highest BCUT2D eigenvalue weighted by molar-refractivity contribution is 6.33. The van der Waals surface area contributed by atoms with Gasteiger partial charge in [0.2, 0.25) is 0 Å². The summed E-state index contributed by atoms with van der Waals surface area (Å²) < 4.78 is 7.04. The number of hydrogen-bond donors (Lipinski definition) is 1. The molecule has 4 nitrogen and oxygen atoms in total. The van der Waals surface area contributed by atoms with Crippen LogP contribution in [0.15, 0.2) is 36.4 Å². The molecule has 0 saturated carbocycles. The Labute approximate surface area is 128 Å². The first-order chi connectivity index (χ1) is 10.2. The van der Waals surface area contributed by atoms with Crippen molar-refractivity contribution >= 4 is 22.8 Å². The summed E-state index contributed by atoms with van der Waals surface area (Å²) >= 11 is 6.37. The number of nitrogens with zero attached hydrogens (tertiary/aromatic N) is 2. The third-order valence-corrected chi connectivity index (χ3v) is 3.87. The number of aryl methyl sites for hydroxylation is 1. The van der Waals surface area contributed by atoms with E-state index in [2.05, 4.69) is 5.10 Å². The molecule has 0 fully saturated rings. The number of methoxy groups -OCH3 is 1. The van der Waals surface area contributed by atoms with Gasteiger partial charge in [-0.05, 0) is 36.8 Å². The molecule has 0 bridgehead atoms. The molecule has 0 radical (unpaired) electrons. The number of anilines is 1. The van der Waals surface area contributed by atoms with E-state index in [1.165, 1.54) is 0 Å². The first-order valence-corrected chi connectivity index (χ1v) is 7.13.